The maximum absolute atomic E-state index is 14.9. The van der Waals surface area contributed by atoms with Crippen LogP contribution >= 0.6 is 0 Å². The number of fused-ring (bicyclic) bond motifs is 1. The smallest absolute Gasteiger partial charge is 0.228 e. The van der Waals surface area contributed by atoms with E-state index in [0.29, 0.717) is 17.4 Å². The fourth-order valence-corrected chi connectivity index (χ4v) is 5.47. The highest BCUT2D eigenvalue weighted by molar-refractivity contribution is 5.93. The fourth-order valence-electron chi connectivity index (χ4n) is 5.47. The molecule has 6 nitrogen and oxygen atoms in total. The van der Waals surface area contributed by atoms with Crippen molar-refractivity contribution in [1.82, 2.24) is 19.7 Å². The minimum Gasteiger partial charge on any atom is -0.310 e. The maximum Gasteiger partial charge on any atom is 0.228 e. The van der Waals surface area contributed by atoms with Crippen molar-refractivity contribution in [2.75, 3.05) is 18.4 Å². The number of anilines is 1. The SMILES string of the molecule is CC(C)c1c2cc(-c3ccnc(NC(=O)[C@H]4CCC[C@@H](N5CCC5)C4)c3)cc(F)c2nn1C. The second-order valence-corrected chi connectivity index (χ2v) is 9.84. The number of amides is 1. The zero-order valence-electron chi connectivity index (χ0n) is 19.6. The maximum atomic E-state index is 14.9. The number of halogens is 1. The zero-order chi connectivity index (χ0) is 23.1. The normalized spacial score (nSPS) is 21.4. The summed E-state index contributed by atoms with van der Waals surface area (Å²) in [5.41, 5.74) is 2.97. The highest BCUT2D eigenvalue weighted by Gasteiger charge is 2.32. The van der Waals surface area contributed by atoms with Gasteiger partial charge >= 0.3 is 0 Å². The third-order valence-electron chi connectivity index (χ3n) is 7.25. The largest absolute Gasteiger partial charge is 0.310 e. The third-order valence-corrected chi connectivity index (χ3v) is 7.25. The monoisotopic (exact) mass is 449 g/mol. The first-order valence-electron chi connectivity index (χ1n) is 12.1. The van der Waals surface area contributed by atoms with Gasteiger partial charge in [0.2, 0.25) is 5.91 Å². The number of benzene rings is 1. The number of carbonyl (C=O) groups is 1. The summed E-state index contributed by atoms with van der Waals surface area (Å²) in [6.07, 6.45) is 7.08. The number of aromatic nitrogens is 3. The molecule has 3 heterocycles. The molecule has 3 aromatic rings. The summed E-state index contributed by atoms with van der Waals surface area (Å²) in [6, 6.07) is 7.72. The molecular formula is C26H32FN5O. The average Bonchev–Trinajstić information content (AvgIpc) is 3.09. The van der Waals surface area contributed by atoms with E-state index >= 15 is 0 Å². The highest BCUT2D eigenvalue weighted by atomic mass is 19.1. The summed E-state index contributed by atoms with van der Waals surface area (Å²) in [7, 11) is 1.85. The van der Waals surface area contributed by atoms with E-state index in [-0.39, 0.29) is 23.6 Å². The lowest BCUT2D eigenvalue weighted by Gasteiger charge is -2.42. The molecule has 1 saturated heterocycles. The molecule has 1 saturated carbocycles. The van der Waals surface area contributed by atoms with Crippen LogP contribution in [-0.2, 0) is 11.8 Å². The second kappa shape index (κ2) is 8.86. The Morgan fingerprint density at radius 3 is 2.70 bits per heavy atom. The van der Waals surface area contributed by atoms with Gasteiger partial charge in [0.05, 0.1) is 0 Å². The number of pyridine rings is 1. The Morgan fingerprint density at radius 1 is 1.15 bits per heavy atom. The number of hydrogen-bond acceptors (Lipinski definition) is 4. The van der Waals surface area contributed by atoms with Crippen LogP contribution in [0.1, 0.15) is 57.6 Å². The summed E-state index contributed by atoms with van der Waals surface area (Å²) < 4.78 is 16.7. The topological polar surface area (TPSA) is 63.1 Å². The van der Waals surface area contributed by atoms with E-state index in [0.717, 1.165) is 41.5 Å². The van der Waals surface area contributed by atoms with E-state index < -0.39 is 0 Å². The molecule has 2 aromatic heterocycles. The number of carbonyl (C=O) groups excluding carboxylic acids is 1. The van der Waals surface area contributed by atoms with Gasteiger partial charge in [-0.25, -0.2) is 9.37 Å². The standard InChI is InChI=1S/C26H32FN5O/c1-16(2)25-21-13-19(14-22(27)24(21)30-31(25)3)17-8-9-28-23(15-17)29-26(33)18-6-4-7-20(12-18)32-10-5-11-32/h8-9,13-16,18,20H,4-7,10-12H2,1-3H3,(H,28,29,33)/t18-,20+/m0/s1. The lowest BCUT2D eigenvalue weighted by atomic mass is 9.83. The Kier molecular flexibility index (Phi) is 5.91. The Hall–Kier alpha value is -2.80. The molecular weight excluding hydrogens is 417 g/mol. The molecule has 1 aromatic carbocycles. The van der Waals surface area contributed by atoms with Crippen LogP contribution in [0, 0.1) is 11.7 Å². The molecule has 1 N–H and O–H groups in total. The zero-order valence-corrected chi connectivity index (χ0v) is 19.6. The van der Waals surface area contributed by atoms with Crippen molar-refractivity contribution in [3.05, 3.63) is 42.0 Å². The average molecular weight is 450 g/mol. The third kappa shape index (κ3) is 4.26. The van der Waals surface area contributed by atoms with E-state index in [2.05, 4.69) is 34.1 Å². The molecule has 0 spiro atoms. The number of hydrogen-bond donors (Lipinski definition) is 1. The summed E-state index contributed by atoms with van der Waals surface area (Å²) in [6.45, 7) is 6.50. The number of nitrogens with one attached hydrogen (secondary N) is 1. The van der Waals surface area contributed by atoms with Gasteiger partial charge < -0.3 is 10.2 Å². The second-order valence-electron chi connectivity index (χ2n) is 9.84. The Balaban J connectivity index is 1.37. The molecule has 1 aliphatic heterocycles. The molecule has 174 valence electrons. The van der Waals surface area contributed by atoms with Crippen molar-refractivity contribution < 1.29 is 9.18 Å². The summed E-state index contributed by atoms with van der Waals surface area (Å²) >= 11 is 0. The summed E-state index contributed by atoms with van der Waals surface area (Å²) in [4.78, 5) is 19.9. The predicted octanol–water partition coefficient (Wildman–Crippen LogP) is 5.10. The minimum atomic E-state index is -0.341. The van der Waals surface area contributed by atoms with Crippen LogP contribution in [0.5, 0.6) is 0 Å². The first kappa shape index (κ1) is 22.0. The first-order valence-corrected chi connectivity index (χ1v) is 12.1. The summed E-state index contributed by atoms with van der Waals surface area (Å²) in [5.74, 6) is 0.456. The number of nitrogens with zero attached hydrogens (tertiary/aromatic N) is 4. The van der Waals surface area contributed by atoms with Crippen LogP contribution in [0.2, 0.25) is 0 Å². The molecule has 5 rings (SSSR count). The van der Waals surface area contributed by atoms with Crippen molar-refractivity contribution in [2.24, 2.45) is 13.0 Å². The van der Waals surface area contributed by atoms with Crippen LogP contribution in [0.4, 0.5) is 10.2 Å². The van der Waals surface area contributed by atoms with E-state index in [9.17, 15) is 9.18 Å². The van der Waals surface area contributed by atoms with E-state index in [1.807, 2.05) is 25.2 Å². The van der Waals surface area contributed by atoms with E-state index in [1.54, 1.807) is 10.9 Å². The number of likely N-dealkylation sites (tertiary alicyclic amines) is 1. The molecule has 0 radical (unpaired) electrons. The van der Waals surface area contributed by atoms with Gasteiger partial charge in [-0.1, -0.05) is 20.3 Å². The molecule has 1 amide bonds. The Morgan fingerprint density at radius 2 is 1.97 bits per heavy atom. The van der Waals surface area contributed by atoms with Crippen molar-refractivity contribution in [2.45, 2.75) is 57.9 Å². The fraction of sp³-hybridized carbons (Fsp3) is 0.500. The van der Waals surface area contributed by atoms with Crippen LogP contribution in [0.3, 0.4) is 0 Å². The van der Waals surface area contributed by atoms with Crippen molar-refractivity contribution in [3.63, 3.8) is 0 Å². The van der Waals surface area contributed by atoms with Crippen LogP contribution < -0.4 is 5.32 Å². The van der Waals surface area contributed by atoms with Gasteiger partial charge in [0.25, 0.3) is 0 Å². The minimum absolute atomic E-state index is 0.0209. The van der Waals surface area contributed by atoms with Gasteiger partial charge in [0.15, 0.2) is 5.82 Å². The number of aryl methyl sites for hydroxylation is 1. The molecule has 7 heteroatoms. The van der Waals surface area contributed by atoms with Gasteiger partial charge in [0, 0.05) is 36.3 Å². The highest BCUT2D eigenvalue weighted by Crippen LogP contribution is 2.33. The van der Waals surface area contributed by atoms with Gasteiger partial charge in [-0.3, -0.25) is 9.48 Å². The predicted molar refractivity (Wildman–Crippen MR) is 129 cm³/mol. The van der Waals surface area contributed by atoms with Gasteiger partial charge in [-0.05, 0) is 80.1 Å². The van der Waals surface area contributed by atoms with Gasteiger partial charge in [-0.2, -0.15) is 5.10 Å². The lowest BCUT2D eigenvalue weighted by Crippen LogP contribution is -2.48. The van der Waals surface area contributed by atoms with Crippen LogP contribution in [-0.4, -0.2) is 44.7 Å². The van der Waals surface area contributed by atoms with Gasteiger partial charge in [-0.15, -0.1) is 0 Å². The Labute approximate surface area is 194 Å². The van der Waals surface area contributed by atoms with E-state index in [1.165, 1.54) is 32.0 Å². The van der Waals surface area contributed by atoms with Crippen molar-refractivity contribution in [3.8, 4) is 11.1 Å². The molecule has 33 heavy (non-hydrogen) atoms. The molecule has 2 fully saturated rings. The quantitative estimate of drug-likeness (QED) is 0.589. The molecule has 0 unspecified atom stereocenters. The van der Waals surface area contributed by atoms with Gasteiger partial charge in [0.1, 0.15) is 11.3 Å². The Bertz CT molecular complexity index is 1180. The first-order chi connectivity index (χ1) is 15.9. The van der Waals surface area contributed by atoms with Crippen molar-refractivity contribution in [1.29, 1.82) is 0 Å². The van der Waals surface area contributed by atoms with Crippen LogP contribution in [0.15, 0.2) is 30.5 Å². The van der Waals surface area contributed by atoms with E-state index in [4.69, 9.17) is 0 Å². The summed E-state index contributed by atoms with van der Waals surface area (Å²) in [5, 5.41) is 8.22. The molecule has 2 atom stereocenters. The number of rotatable bonds is 5. The lowest BCUT2D eigenvalue weighted by molar-refractivity contribution is -0.121. The van der Waals surface area contributed by atoms with Crippen molar-refractivity contribution >= 4 is 22.6 Å². The molecule has 1 aliphatic carbocycles. The molecule has 2 aliphatic rings. The van der Waals surface area contributed by atoms with Crippen LogP contribution in [0.25, 0.3) is 22.0 Å². The molecule has 0 bridgehead atoms.